The monoisotopic (exact) mass is 312 g/mol. The summed E-state index contributed by atoms with van der Waals surface area (Å²) in [7, 11) is 4.28. The average molecular weight is 313 g/mol. The maximum Gasteiger partial charge on any atom is 0.0945 e. The third-order valence-corrected chi connectivity index (χ3v) is 5.54. The smallest absolute Gasteiger partial charge is 0.0945 e. The molecule has 3 N–H and O–H groups in total. The average Bonchev–Trinajstić information content (AvgIpc) is 2.87. The van der Waals surface area contributed by atoms with Crippen LogP contribution in [-0.2, 0) is 11.8 Å². The van der Waals surface area contributed by atoms with E-state index in [4.69, 9.17) is 10.8 Å². The first kappa shape index (κ1) is 18.6. The van der Waals surface area contributed by atoms with E-state index >= 15 is 0 Å². The minimum absolute atomic E-state index is 0.0579. The van der Waals surface area contributed by atoms with Crippen LogP contribution in [-0.4, -0.2) is 35.6 Å². The summed E-state index contributed by atoms with van der Waals surface area (Å²) in [4.78, 5) is 7.12. The van der Waals surface area contributed by atoms with Crippen molar-refractivity contribution < 1.29 is 0 Å². The third-order valence-electron chi connectivity index (χ3n) is 4.66. The topological polar surface area (TPSA) is 54.2 Å². The molecular weight excluding hydrogens is 280 g/mol. The lowest BCUT2D eigenvalue weighted by Crippen LogP contribution is -2.61. The summed E-state index contributed by atoms with van der Waals surface area (Å²) >= 11 is 1.74. The van der Waals surface area contributed by atoms with Crippen molar-refractivity contribution in [3.63, 3.8) is 0 Å². The Bertz CT molecular complexity index is 430. The summed E-state index contributed by atoms with van der Waals surface area (Å²) in [6.07, 6.45) is 2.99. The van der Waals surface area contributed by atoms with E-state index in [1.807, 2.05) is 0 Å². The van der Waals surface area contributed by atoms with Crippen molar-refractivity contribution in [3.8, 4) is 0 Å². The Balaban J connectivity index is 2.99. The van der Waals surface area contributed by atoms with Crippen molar-refractivity contribution in [2.24, 2.45) is 5.84 Å². The van der Waals surface area contributed by atoms with Gasteiger partial charge in [0.25, 0.3) is 0 Å². The van der Waals surface area contributed by atoms with Crippen molar-refractivity contribution in [2.45, 2.75) is 70.9 Å². The third kappa shape index (κ3) is 4.03. The van der Waals surface area contributed by atoms with Gasteiger partial charge >= 0.3 is 0 Å². The van der Waals surface area contributed by atoms with E-state index in [1.54, 1.807) is 11.3 Å². The highest BCUT2D eigenvalue weighted by atomic mass is 32.1. The van der Waals surface area contributed by atoms with Gasteiger partial charge in [0.1, 0.15) is 0 Å². The predicted octanol–water partition coefficient (Wildman–Crippen LogP) is 2.94. The molecule has 5 heteroatoms. The summed E-state index contributed by atoms with van der Waals surface area (Å²) in [5, 5.41) is 3.34. The molecule has 1 aromatic rings. The van der Waals surface area contributed by atoms with Crippen molar-refractivity contribution >= 4 is 11.3 Å². The molecule has 21 heavy (non-hydrogen) atoms. The second-order valence-corrected chi connectivity index (χ2v) is 7.95. The molecule has 0 radical (unpaired) electrons. The van der Waals surface area contributed by atoms with Gasteiger partial charge in [-0.05, 0) is 26.9 Å². The van der Waals surface area contributed by atoms with Gasteiger partial charge in [-0.2, -0.15) is 0 Å². The fourth-order valence-corrected chi connectivity index (χ4v) is 4.08. The lowest BCUT2D eigenvalue weighted by molar-refractivity contribution is 0.0882. The number of hydrazine groups is 1. The summed E-state index contributed by atoms with van der Waals surface area (Å²) in [6, 6.07) is 0.196. The molecule has 1 heterocycles. The Kier molecular flexibility index (Phi) is 6.35. The van der Waals surface area contributed by atoms with Gasteiger partial charge in [0.15, 0.2) is 0 Å². The Hall–Kier alpha value is -0.490. The second kappa shape index (κ2) is 7.18. The van der Waals surface area contributed by atoms with Crippen LogP contribution in [0.25, 0.3) is 0 Å². The van der Waals surface area contributed by atoms with Gasteiger partial charge in [0.05, 0.1) is 10.7 Å². The minimum Gasteiger partial charge on any atom is -0.302 e. The fraction of sp³-hybridized carbons (Fsp3) is 0.812. The zero-order valence-electron chi connectivity index (χ0n) is 14.7. The number of thiazole rings is 1. The molecule has 1 atom stereocenters. The first-order valence-electron chi connectivity index (χ1n) is 7.79. The minimum atomic E-state index is 0.0579. The maximum absolute atomic E-state index is 5.89. The van der Waals surface area contributed by atoms with Crippen LogP contribution in [0.2, 0.25) is 0 Å². The zero-order chi connectivity index (χ0) is 16.3. The number of rotatable bonds is 7. The molecule has 0 fully saturated rings. The molecule has 122 valence electrons. The van der Waals surface area contributed by atoms with Crippen LogP contribution < -0.4 is 11.3 Å². The normalized spacial score (nSPS) is 14.7. The van der Waals surface area contributed by atoms with Crippen molar-refractivity contribution in [2.75, 3.05) is 14.1 Å². The van der Waals surface area contributed by atoms with Gasteiger partial charge in [0.2, 0.25) is 0 Å². The van der Waals surface area contributed by atoms with Gasteiger partial charge in [0, 0.05) is 28.8 Å². The molecular formula is C16H32N4S. The molecule has 1 rings (SSSR count). The Morgan fingerprint density at radius 1 is 1.29 bits per heavy atom. The van der Waals surface area contributed by atoms with Crippen LogP contribution in [0.5, 0.6) is 0 Å². The highest BCUT2D eigenvalue weighted by Gasteiger charge is 2.37. The van der Waals surface area contributed by atoms with Crippen LogP contribution in [0.15, 0.2) is 5.38 Å². The van der Waals surface area contributed by atoms with Crippen molar-refractivity contribution in [1.82, 2.24) is 15.3 Å². The molecule has 0 saturated heterocycles. The molecule has 0 spiro atoms. The Morgan fingerprint density at radius 2 is 1.86 bits per heavy atom. The molecule has 1 aromatic heterocycles. The fourth-order valence-electron chi connectivity index (χ4n) is 3.01. The standard InChI is InChI=1S/C16H32N4S/c1-8-16(9-2,20(6)7)12(19-17)10-14-18-13(11-21-14)15(3,4)5/h11-12,19H,8-10,17H2,1-7H3. The van der Waals surface area contributed by atoms with Gasteiger partial charge in [-0.25, -0.2) is 4.98 Å². The number of hydrogen-bond acceptors (Lipinski definition) is 5. The van der Waals surface area contributed by atoms with E-state index < -0.39 is 0 Å². The van der Waals surface area contributed by atoms with Crippen LogP contribution in [0.3, 0.4) is 0 Å². The highest BCUT2D eigenvalue weighted by molar-refractivity contribution is 7.09. The van der Waals surface area contributed by atoms with Gasteiger partial charge in [-0.15, -0.1) is 11.3 Å². The number of nitrogens with two attached hydrogens (primary N) is 1. The number of likely N-dealkylation sites (N-methyl/N-ethyl adjacent to an activating group) is 1. The molecule has 0 amide bonds. The van der Waals surface area contributed by atoms with Crippen molar-refractivity contribution in [3.05, 3.63) is 16.1 Å². The van der Waals surface area contributed by atoms with E-state index in [-0.39, 0.29) is 17.0 Å². The molecule has 0 saturated carbocycles. The van der Waals surface area contributed by atoms with Gasteiger partial charge < -0.3 is 4.90 Å². The summed E-state index contributed by atoms with van der Waals surface area (Å²) < 4.78 is 0. The Morgan fingerprint density at radius 3 is 2.19 bits per heavy atom. The molecule has 1 unspecified atom stereocenters. The van der Waals surface area contributed by atoms with Crippen LogP contribution in [0.1, 0.15) is 58.2 Å². The zero-order valence-corrected chi connectivity index (χ0v) is 15.5. The quantitative estimate of drug-likeness (QED) is 0.600. The van der Waals surface area contributed by atoms with Crippen LogP contribution in [0.4, 0.5) is 0 Å². The van der Waals surface area contributed by atoms with Gasteiger partial charge in [-0.3, -0.25) is 11.3 Å². The summed E-state index contributed by atoms with van der Waals surface area (Å²) in [5.41, 5.74) is 4.38. The van der Waals surface area contributed by atoms with E-state index in [1.165, 1.54) is 5.69 Å². The number of nitrogens with zero attached hydrogens (tertiary/aromatic N) is 2. The number of nitrogens with one attached hydrogen (secondary N) is 1. The maximum atomic E-state index is 5.89. The van der Waals surface area contributed by atoms with E-state index in [9.17, 15) is 0 Å². The van der Waals surface area contributed by atoms with Crippen LogP contribution in [0, 0.1) is 0 Å². The molecule has 0 aliphatic rings. The largest absolute Gasteiger partial charge is 0.302 e. The lowest BCUT2D eigenvalue weighted by Gasteiger charge is -2.44. The molecule has 4 nitrogen and oxygen atoms in total. The number of hydrogen-bond donors (Lipinski definition) is 2. The molecule has 0 aliphatic carbocycles. The van der Waals surface area contributed by atoms with E-state index in [0.717, 1.165) is 24.3 Å². The Labute approximate surface area is 134 Å². The SMILES string of the molecule is CCC(CC)(C(Cc1nc(C(C)(C)C)cs1)NN)N(C)C. The second-order valence-electron chi connectivity index (χ2n) is 7.00. The number of aromatic nitrogens is 1. The van der Waals surface area contributed by atoms with Crippen molar-refractivity contribution in [1.29, 1.82) is 0 Å². The molecule has 0 aliphatic heterocycles. The summed E-state index contributed by atoms with van der Waals surface area (Å²) in [5.74, 6) is 5.89. The van der Waals surface area contributed by atoms with Crippen LogP contribution >= 0.6 is 11.3 Å². The van der Waals surface area contributed by atoms with E-state index in [0.29, 0.717) is 0 Å². The highest BCUT2D eigenvalue weighted by Crippen LogP contribution is 2.30. The first-order chi connectivity index (χ1) is 9.71. The summed E-state index contributed by atoms with van der Waals surface area (Å²) in [6.45, 7) is 11.1. The van der Waals surface area contributed by atoms with E-state index in [2.05, 4.69) is 64.4 Å². The first-order valence-corrected chi connectivity index (χ1v) is 8.67. The van der Waals surface area contributed by atoms with Gasteiger partial charge in [-0.1, -0.05) is 34.6 Å². The molecule has 0 aromatic carbocycles. The predicted molar refractivity (Wildman–Crippen MR) is 92.6 cm³/mol. The lowest BCUT2D eigenvalue weighted by atomic mass is 9.82. The molecule has 0 bridgehead atoms.